The van der Waals surface area contributed by atoms with Gasteiger partial charge in [-0.2, -0.15) is 5.26 Å². The average Bonchev–Trinajstić information content (AvgIpc) is 2.35. The smallest absolute Gasteiger partial charge is 0.289 e. The van der Waals surface area contributed by atoms with Gasteiger partial charge >= 0.3 is 0 Å². The van der Waals surface area contributed by atoms with E-state index in [1.807, 2.05) is 20.0 Å². The maximum Gasteiger partial charge on any atom is 0.289 e. The van der Waals surface area contributed by atoms with Crippen molar-refractivity contribution >= 4 is 11.5 Å². The molecule has 0 amide bonds. The number of nitro groups is 1. The van der Waals surface area contributed by atoms with E-state index in [2.05, 4.69) is 15.6 Å². The zero-order chi connectivity index (χ0) is 12.8. The normalized spacial score (nSPS) is 11.6. The topological polar surface area (TPSA) is 104 Å². The summed E-state index contributed by atoms with van der Waals surface area (Å²) in [6, 6.07) is 3.30. The van der Waals surface area contributed by atoms with Crippen LogP contribution in [0, 0.1) is 21.4 Å². The van der Waals surface area contributed by atoms with E-state index >= 15 is 0 Å². The molecule has 0 spiro atoms. The molecular weight excluding hydrogens is 222 g/mol. The molecule has 17 heavy (non-hydrogen) atoms. The Hall–Kier alpha value is -2.20. The van der Waals surface area contributed by atoms with Gasteiger partial charge in [0.25, 0.3) is 5.69 Å². The summed E-state index contributed by atoms with van der Waals surface area (Å²) in [5.41, 5.74) is -0.0173. The molecule has 2 N–H and O–H groups in total. The molecule has 7 nitrogen and oxygen atoms in total. The monoisotopic (exact) mass is 235 g/mol. The molecule has 0 aromatic carbocycles. The van der Waals surface area contributed by atoms with E-state index in [1.165, 1.54) is 6.07 Å². The molecule has 0 fully saturated rings. The van der Waals surface area contributed by atoms with Gasteiger partial charge in [-0.15, -0.1) is 0 Å². The van der Waals surface area contributed by atoms with Crippen LogP contribution in [0.2, 0.25) is 0 Å². The van der Waals surface area contributed by atoms with E-state index in [1.54, 1.807) is 0 Å². The summed E-state index contributed by atoms with van der Waals surface area (Å²) in [5.74, 6) is 0.361. The summed E-state index contributed by atoms with van der Waals surface area (Å²) in [4.78, 5) is 13.8. The summed E-state index contributed by atoms with van der Waals surface area (Å²) in [7, 11) is 1.82. The van der Waals surface area contributed by atoms with Crippen molar-refractivity contribution in [2.45, 2.75) is 13.0 Å². The number of aromatic nitrogens is 1. The van der Waals surface area contributed by atoms with Gasteiger partial charge in [0.05, 0.1) is 4.92 Å². The molecule has 7 heteroatoms. The first kappa shape index (κ1) is 12.9. The first-order valence-corrected chi connectivity index (χ1v) is 5.04. The first-order chi connectivity index (χ1) is 8.08. The number of likely N-dealkylation sites (N-methyl/N-ethyl adjacent to an activating group) is 1. The lowest BCUT2D eigenvalue weighted by Gasteiger charge is -2.12. The summed E-state index contributed by atoms with van der Waals surface area (Å²) >= 11 is 0. The predicted octanol–water partition coefficient (Wildman–Crippen LogP) is 0.881. The molecule has 1 rings (SSSR count). The molecule has 0 saturated heterocycles. The molecular formula is C10H13N5O2. The number of nitrogens with one attached hydrogen (secondary N) is 2. The summed E-state index contributed by atoms with van der Waals surface area (Å²) in [6.07, 6.45) is 1.13. The number of nitrogens with zero attached hydrogens (tertiary/aromatic N) is 3. The van der Waals surface area contributed by atoms with Crippen LogP contribution in [0.1, 0.15) is 12.5 Å². The number of nitriles is 1. The van der Waals surface area contributed by atoms with Crippen LogP contribution in [0.5, 0.6) is 0 Å². The van der Waals surface area contributed by atoms with E-state index < -0.39 is 4.92 Å². The molecule has 0 aliphatic carbocycles. The minimum absolute atomic E-state index is 0.169. The molecule has 1 aromatic rings. The lowest BCUT2D eigenvalue weighted by Crippen LogP contribution is -2.29. The Balaban J connectivity index is 2.87. The second-order valence-electron chi connectivity index (χ2n) is 3.53. The van der Waals surface area contributed by atoms with Crippen LogP contribution in [0.15, 0.2) is 12.3 Å². The number of anilines is 1. The minimum atomic E-state index is -0.576. The average molecular weight is 235 g/mol. The lowest BCUT2D eigenvalue weighted by atomic mass is 10.2. The second kappa shape index (κ2) is 5.77. The quantitative estimate of drug-likeness (QED) is 0.580. The van der Waals surface area contributed by atoms with Crippen LogP contribution in [-0.4, -0.2) is 29.5 Å². The Morgan fingerprint density at radius 2 is 2.41 bits per heavy atom. The van der Waals surface area contributed by atoms with Gasteiger partial charge in [0.1, 0.15) is 23.6 Å². The SMILES string of the molecule is CNC(C)CNc1ncc([N+](=O)[O-])cc1C#N. The lowest BCUT2D eigenvalue weighted by molar-refractivity contribution is -0.385. The van der Waals surface area contributed by atoms with Crippen LogP contribution in [0.3, 0.4) is 0 Å². The van der Waals surface area contributed by atoms with Crippen molar-refractivity contribution < 1.29 is 4.92 Å². The van der Waals surface area contributed by atoms with Gasteiger partial charge in [-0.05, 0) is 14.0 Å². The van der Waals surface area contributed by atoms with E-state index in [9.17, 15) is 10.1 Å². The maximum atomic E-state index is 10.5. The van der Waals surface area contributed by atoms with Crippen LogP contribution in [0.25, 0.3) is 0 Å². The summed E-state index contributed by atoms with van der Waals surface area (Å²) < 4.78 is 0. The Bertz CT molecular complexity index is 454. The van der Waals surface area contributed by atoms with E-state index in [-0.39, 0.29) is 17.3 Å². The number of hydrogen-bond donors (Lipinski definition) is 2. The van der Waals surface area contributed by atoms with Crippen molar-refractivity contribution in [3.63, 3.8) is 0 Å². The Labute approximate surface area is 98.6 Å². The van der Waals surface area contributed by atoms with Gasteiger partial charge in [0.15, 0.2) is 0 Å². The van der Waals surface area contributed by atoms with E-state index in [0.717, 1.165) is 6.20 Å². The summed E-state index contributed by atoms with van der Waals surface area (Å²) in [6.45, 7) is 2.54. The maximum absolute atomic E-state index is 10.5. The predicted molar refractivity (Wildman–Crippen MR) is 62.6 cm³/mol. The van der Waals surface area contributed by atoms with Gasteiger partial charge in [-0.25, -0.2) is 4.98 Å². The highest BCUT2D eigenvalue weighted by Gasteiger charge is 2.12. The van der Waals surface area contributed by atoms with Crippen molar-refractivity contribution in [3.05, 3.63) is 27.9 Å². The Kier molecular flexibility index (Phi) is 4.37. The first-order valence-electron chi connectivity index (χ1n) is 5.04. The highest BCUT2D eigenvalue weighted by atomic mass is 16.6. The molecule has 90 valence electrons. The third kappa shape index (κ3) is 3.39. The Morgan fingerprint density at radius 1 is 1.71 bits per heavy atom. The molecule has 0 radical (unpaired) electrons. The fourth-order valence-electron chi connectivity index (χ4n) is 1.13. The van der Waals surface area contributed by atoms with Gasteiger partial charge in [-0.1, -0.05) is 0 Å². The van der Waals surface area contributed by atoms with Crippen LogP contribution in [0.4, 0.5) is 11.5 Å². The number of rotatable bonds is 5. The third-order valence-corrected chi connectivity index (χ3v) is 2.27. The second-order valence-corrected chi connectivity index (χ2v) is 3.53. The van der Waals surface area contributed by atoms with Gasteiger partial charge in [0.2, 0.25) is 0 Å². The standard InChI is InChI=1S/C10H13N5O2/c1-7(12-2)5-13-10-8(4-11)3-9(6-14-10)15(16)17/h3,6-7,12H,5H2,1-2H3,(H,13,14). The number of pyridine rings is 1. The van der Waals surface area contributed by atoms with Crippen molar-refractivity contribution in [2.24, 2.45) is 0 Å². The van der Waals surface area contributed by atoms with Crippen LogP contribution < -0.4 is 10.6 Å². The van der Waals surface area contributed by atoms with Crippen molar-refractivity contribution in [1.82, 2.24) is 10.3 Å². The Morgan fingerprint density at radius 3 is 2.94 bits per heavy atom. The zero-order valence-corrected chi connectivity index (χ0v) is 9.60. The molecule has 0 aliphatic rings. The largest absolute Gasteiger partial charge is 0.367 e. The van der Waals surface area contributed by atoms with Gasteiger partial charge < -0.3 is 10.6 Å². The van der Waals surface area contributed by atoms with Crippen LogP contribution >= 0.6 is 0 Å². The van der Waals surface area contributed by atoms with Crippen LogP contribution in [-0.2, 0) is 0 Å². The van der Waals surface area contributed by atoms with Gasteiger partial charge in [0, 0.05) is 18.7 Å². The molecule has 0 saturated carbocycles. The molecule has 1 aromatic heterocycles. The minimum Gasteiger partial charge on any atom is -0.367 e. The molecule has 0 aliphatic heterocycles. The highest BCUT2D eigenvalue weighted by Crippen LogP contribution is 2.17. The molecule has 1 heterocycles. The van der Waals surface area contributed by atoms with Gasteiger partial charge in [-0.3, -0.25) is 10.1 Å². The zero-order valence-electron chi connectivity index (χ0n) is 9.60. The van der Waals surface area contributed by atoms with E-state index in [4.69, 9.17) is 5.26 Å². The fraction of sp³-hybridized carbons (Fsp3) is 0.400. The van der Waals surface area contributed by atoms with Crippen molar-refractivity contribution in [1.29, 1.82) is 5.26 Å². The summed E-state index contributed by atoms with van der Waals surface area (Å²) in [5, 5.41) is 25.4. The highest BCUT2D eigenvalue weighted by molar-refractivity contribution is 5.55. The van der Waals surface area contributed by atoms with Crippen molar-refractivity contribution in [2.75, 3.05) is 18.9 Å². The molecule has 1 unspecified atom stereocenters. The number of hydrogen-bond acceptors (Lipinski definition) is 6. The third-order valence-electron chi connectivity index (χ3n) is 2.27. The fourth-order valence-corrected chi connectivity index (χ4v) is 1.13. The van der Waals surface area contributed by atoms with E-state index in [0.29, 0.717) is 12.4 Å². The molecule has 0 bridgehead atoms. The molecule has 1 atom stereocenters. The van der Waals surface area contributed by atoms with Crippen molar-refractivity contribution in [3.8, 4) is 6.07 Å².